The summed E-state index contributed by atoms with van der Waals surface area (Å²) in [7, 11) is -4.21. The maximum Gasteiger partial charge on any atom is 0.573 e. The highest BCUT2D eigenvalue weighted by Gasteiger charge is 2.32. The third kappa shape index (κ3) is 9.96. The first-order valence-electron chi connectivity index (χ1n) is 15.5. The predicted molar refractivity (Wildman–Crippen MR) is 185 cm³/mol. The summed E-state index contributed by atoms with van der Waals surface area (Å²) in [6, 6.07) is 27.4. The summed E-state index contributed by atoms with van der Waals surface area (Å²) in [5, 5.41) is 7.30. The molecule has 5 aromatic rings. The first kappa shape index (κ1) is 36.6. The molecule has 8 nitrogen and oxygen atoms in total. The van der Waals surface area contributed by atoms with Crippen molar-refractivity contribution in [3.8, 4) is 28.2 Å². The van der Waals surface area contributed by atoms with Crippen LogP contribution in [-0.2, 0) is 22.0 Å². The van der Waals surface area contributed by atoms with E-state index in [9.17, 15) is 26.4 Å². The average Bonchev–Trinajstić information content (AvgIpc) is 3.53. The van der Waals surface area contributed by atoms with Gasteiger partial charge < -0.3 is 14.6 Å². The molecule has 0 fully saturated rings. The SMILES string of the molecule is CC(C)(C)c1ccc(C(Cc2ccc(C(=O)NCCS(=O)(=O)O)cc2)c2cc(-c3cc(OC(F)(F)F)cc(-c4ccc(Cl)cc4)c3)on2)cc1. The zero-order valence-electron chi connectivity index (χ0n) is 27.3. The van der Waals surface area contributed by atoms with Crippen molar-refractivity contribution in [1.29, 1.82) is 0 Å². The van der Waals surface area contributed by atoms with Crippen LogP contribution in [0.4, 0.5) is 13.2 Å². The Hall–Kier alpha value is -4.65. The van der Waals surface area contributed by atoms with Gasteiger partial charge in [-0.3, -0.25) is 9.35 Å². The van der Waals surface area contributed by atoms with E-state index in [1.54, 1.807) is 60.7 Å². The molecule has 0 saturated carbocycles. The Morgan fingerprint density at radius 2 is 1.54 bits per heavy atom. The number of rotatable bonds is 11. The number of carbonyl (C=O) groups is 1. The van der Waals surface area contributed by atoms with E-state index >= 15 is 0 Å². The van der Waals surface area contributed by atoms with Crippen LogP contribution in [0.15, 0.2) is 102 Å². The second kappa shape index (κ2) is 14.7. The smallest absolute Gasteiger partial charge is 0.406 e. The topological polar surface area (TPSA) is 119 Å². The van der Waals surface area contributed by atoms with Crippen LogP contribution in [0, 0.1) is 0 Å². The van der Waals surface area contributed by atoms with Gasteiger partial charge in [0.1, 0.15) is 5.75 Å². The molecule has 13 heteroatoms. The van der Waals surface area contributed by atoms with Crippen LogP contribution in [0.3, 0.4) is 0 Å². The number of aromatic nitrogens is 1. The maximum atomic E-state index is 13.3. The number of carbonyl (C=O) groups excluding carboxylic acids is 1. The Balaban J connectivity index is 1.48. The van der Waals surface area contributed by atoms with Crippen molar-refractivity contribution in [3.05, 3.63) is 130 Å². The molecule has 0 aliphatic carbocycles. The second-order valence-corrected chi connectivity index (χ2v) is 14.8. The van der Waals surface area contributed by atoms with Gasteiger partial charge in [0.05, 0.1) is 11.4 Å². The number of hydrogen-bond acceptors (Lipinski definition) is 6. The van der Waals surface area contributed by atoms with E-state index in [-0.39, 0.29) is 23.6 Å². The summed E-state index contributed by atoms with van der Waals surface area (Å²) in [4.78, 5) is 12.5. The van der Waals surface area contributed by atoms with Gasteiger partial charge >= 0.3 is 6.36 Å². The number of benzene rings is 4. The van der Waals surface area contributed by atoms with Crippen molar-refractivity contribution in [2.75, 3.05) is 12.3 Å². The van der Waals surface area contributed by atoms with Crippen molar-refractivity contribution < 1.29 is 40.2 Å². The van der Waals surface area contributed by atoms with Crippen LogP contribution in [-0.4, -0.2) is 42.7 Å². The number of hydrogen-bond donors (Lipinski definition) is 2. The van der Waals surface area contributed by atoms with Gasteiger partial charge in [0.25, 0.3) is 16.0 Å². The summed E-state index contributed by atoms with van der Waals surface area (Å²) >= 11 is 6.03. The third-order valence-corrected chi connectivity index (χ3v) is 8.94. The number of nitrogens with zero attached hydrogens (tertiary/aromatic N) is 1. The molecule has 5 rings (SSSR count). The highest BCUT2D eigenvalue weighted by Crippen LogP contribution is 2.37. The van der Waals surface area contributed by atoms with Gasteiger partial charge in [0.2, 0.25) is 0 Å². The Kier molecular flexibility index (Phi) is 10.8. The minimum absolute atomic E-state index is 0.0852. The lowest BCUT2D eigenvalue weighted by atomic mass is 9.83. The Labute approximate surface area is 293 Å². The Morgan fingerprint density at radius 3 is 2.14 bits per heavy atom. The van der Waals surface area contributed by atoms with Gasteiger partial charge in [-0.05, 0) is 82.1 Å². The minimum atomic E-state index is -4.91. The normalized spacial score (nSPS) is 12.8. The average molecular weight is 727 g/mol. The fraction of sp³-hybridized carbons (Fsp3) is 0.243. The van der Waals surface area contributed by atoms with Crippen molar-refractivity contribution >= 4 is 27.6 Å². The molecule has 0 aliphatic rings. The summed E-state index contributed by atoms with van der Waals surface area (Å²) in [5.74, 6) is -1.63. The number of halogens is 4. The largest absolute Gasteiger partial charge is 0.573 e. The Morgan fingerprint density at radius 1 is 0.900 bits per heavy atom. The monoisotopic (exact) mass is 726 g/mol. The van der Waals surface area contributed by atoms with Crippen LogP contribution in [0.1, 0.15) is 59.4 Å². The van der Waals surface area contributed by atoms with Crippen molar-refractivity contribution in [2.24, 2.45) is 0 Å². The first-order chi connectivity index (χ1) is 23.4. The molecule has 0 saturated heterocycles. The van der Waals surface area contributed by atoms with Crippen molar-refractivity contribution in [1.82, 2.24) is 10.5 Å². The van der Waals surface area contributed by atoms with E-state index in [0.717, 1.165) is 16.7 Å². The van der Waals surface area contributed by atoms with Crippen LogP contribution >= 0.6 is 11.6 Å². The molecule has 1 amide bonds. The van der Waals surface area contributed by atoms with Gasteiger partial charge in [0.15, 0.2) is 5.76 Å². The highest BCUT2D eigenvalue weighted by atomic mass is 35.5. The molecule has 262 valence electrons. The maximum absolute atomic E-state index is 13.3. The second-order valence-electron chi connectivity index (χ2n) is 12.8. The molecule has 1 heterocycles. The van der Waals surface area contributed by atoms with Crippen LogP contribution in [0.5, 0.6) is 5.75 Å². The lowest BCUT2D eigenvalue weighted by molar-refractivity contribution is -0.274. The van der Waals surface area contributed by atoms with Gasteiger partial charge in [-0.2, -0.15) is 8.42 Å². The molecule has 1 atom stereocenters. The number of ether oxygens (including phenoxy) is 1. The highest BCUT2D eigenvalue weighted by molar-refractivity contribution is 7.85. The van der Waals surface area contributed by atoms with E-state index in [0.29, 0.717) is 39.4 Å². The van der Waals surface area contributed by atoms with Gasteiger partial charge in [-0.25, -0.2) is 0 Å². The molecule has 1 aromatic heterocycles. The van der Waals surface area contributed by atoms with Crippen LogP contribution in [0.2, 0.25) is 5.02 Å². The number of nitrogens with one attached hydrogen (secondary N) is 1. The lowest BCUT2D eigenvalue weighted by Gasteiger charge is -2.21. The van der Waals surface area contributed by atoms with E-state index in [4.69, 9.17) is 20.7 Å². The molecule has 1 unspecified atom stereocenters. The number of alkyl halides is 3. The molecular formula is C37H34ClF3N2O6S. The summed E-state index contributed by atoms with van der Waals surface area (Å²) < 4.78 is 80.8. The van der Waals surface area contributed by atoms with Gasteiger partial charge in [0, 0.05) is 34.7 Å². The van der Waals surface area contributed by atoms with Crippen LogP contribution < -0.4 is 10.1 Å². The predicted octanol–water partition coefficient (Wildman–Crippen LogP) is 8.85. The third-order valence-electron chi connectivity index (χ3n) is 7.97. The molecule has 0 spiro atoms. The minimum Gasteiger partial charge on any atom is -0.406 e. The van der Waals surface area contributed by atoms with Crippen molar-refractivity contribution in [2.45, 2.75) is 44.9 Å². The number of amides is 1. The quantitative estimate of drug-likeness (QED) is 0.131. The zero-order valence-corrected chi connectivity index (χ0v) is 28.9. The van der Waals surface area contributed by atoms with E-state index in [1.165, 1.54) is 12.1 Å². The molecule has 0 radical (unpaired) electrons. The van der Waals surface area contributed by atoms with E-state index in [1.807, 2.05) is 24.3 Å². The van der Waals surface area contributed by atoms with Crippen LogP contribution in [0.25, 0.3) is 22.5 Å². The fourth-order valence-corrected chi connectivity index (χ4v) is 5.85. The van der Waals surface area contributed by atoms with E-state index in [2.05, 4.69) is 36.0 Å². The summed E-state index contributed by atoms with van der Waals surface area (Å²) in [5.41, 5.74) is 5.03. The fourth-order valence-electron chi connectivity index (χ4n) is 5.36. The van der Waals surface area contributed by atoms with Crippen molar-refractivity contribution in [3.63, 3.8) is 0 Å². The molecule has 0 bridgehead atoms. The zero-order chi connectivity index (χ0) is 36.3. The molecule has 2 N–H and O–H groups in total. The van der Waals surface area contributed by atoms with Gasteiger partial charge in [-0.1, -0.05) is 86.1 Å². The summed E-state index contributed by atoms with van der Waals surface area (Å²) in [6.07, 6.45) is -4.48. The Bertz CT molecular complexity index is 2060. The molecule has 4 aromatic carbocycles. The molecule has 0 aliphatic heterocycles. The van der Waals surface area contributed by atoms with E-state index < -0.39 is 33.9 Å². The first-order valence-corrected chi connectivity index (χ1v) is 17.5. The van der Waals surface area contributed by atoms with Gasteiger partial charge in [-0.15, -0.1) is 13.2 Å². The molecule has 50 heavy (non-hydrogen) atoms. The standard InChI is InChI=1S/C37H34ClF3N2O6S/c1-36(2,3)29-12-8-25(9-13-29)32(18-23-4-6-26(7-5-23)35(44)42-16-17-50(45,46)47)33-22-34(49-43-33)28-19-27(24-10-14-30(38)15-11-24)20-31(21-28)48-37(39,40)41/h4-15,19-22,32H,16-18H2,1-3H3,(H,42,44)(H,45,46,47). The lowest BCUT2D eigenvalue weighted by Crippen LogP contribution is -2.28. The molecular weight excluding hydrogens is 693 g/mol. The summed E-state index contributed by atoms with van der Waals surface area (Å²) in [6.45, 7) is 6.09.